The Kier molecular flexibility index (Phi) is 16.4. The zero-order valence-corrected chi connectivity index (χ0v) is 20.7. The molecule has 0 heterocycles. The van der Waals surface area contributed by atoms with Gasteiger partial charge in [0.15, 0.2) is 0 Å². The summed E-state index contributed by atoms with van der Waals surface area (Å²) >= 11 is 5.74. The second-order valence-electron chi connectivity index (χ2n) is 6.52. The fraction of sp³-hybridized carbons (Fsp3) is 0.308. The normalized spacial score (nSPS) is 9.36. The molecule has 3 rings (SSSR count). The highest BCUT2D eigenvalue weighted by Crippen LogP contribution is 2.26. The van der Waals surface area contributed by atoms with E-state index in [1.54, 1.807) is 6.07 Å². The van der Waals surface area contributed by atoms with Gasteiger partial charge in [-0.2, -0.15) is 0 Å². The van der Waals surface area contributed by atoms with Gasteiger partial charge in [0.2, 0.25) is 0 Å². The van der Waals surface area contributed by atoms with Crippen LogP contribution in [0.1, 0.15) is 43.9 Å². The lowest BCUT2D eigenvalue weighted by Crippen LogP contribution is -2.07. The number of rotatable bonds is 6. The Morgan fingerprint density at radius 2 is 1.45 bits per heavy atom. The fourth-order valence-electron chi connectivity index (χ4n) is 2.78. The minimum Gasteiger partial charge on any atom is -0.398 e. The number of nitrogens with two attached hydrogens (primary N) is 3. The van der Waals surface area contributed by atoms with Crippen molar-refractivity contribution in [2.75, 3.05) is 24.6 Å². The third-order valence-electron chi connectivity index (χ3n) is 4.30. The molecule has 0 saturated heterocycles. The maximum absolute atomic E-state index is 13.9. The van der Waals surface area contributed by atoms with E-state index in [9.17, 15) is 8.78 Å². The van der Waals surface area contributed by atoms with E-state index in [2.05, 4.69) is 11.1 Å². The van der Waals surface area contributed by atoms with Crippen LogP contribution in [-0.2, 0) is 13.0 Å². The van der Waals surface area contributed by atoms with Crippen molar-refractivity contribution in [1.82, 2.24) is 0 Å². The Morgan fingerprint density at radius 3 is 1.97 bits per heavy atom. The molecule has 182 valence electrons. The molecule has 33 heavy (non-hydrogen) atoms. The van der Waals surface area contributed by atoms with Gasteiger partial charge in [-0.05, 0) is 48.4 Å². The minimum atomic E-state index is -0.575. The molecule has 0 aliphatic rings. The number of nitrogen functional groups attached to an aromatic ring is 1. The van der Waals surface area contributed by atoms with Gasteiger partial charge in [-0.3, -0.25) is 0 Å². The maximum Gasteiger partial charge on any atom is 0.149 e. The minimum absolute atomic E-state index is 0.358. The van der Waals surface area contributed by atoms with Gasteiger partial charge < -0.3 is 22.5 Å². The summed E-state index contributed by atoms with van der Waals surface area (Å²) in [5.41, 5.74) is 19.2. The molecular formula is C26H37ClF2N4. The van der Waals surface area contributed by atoms with Crippen molar-refractivity contribution in [2.24, 2.45) is 11.5 Å². The monoisotopic (exact) mass is 478 g/mol. The third kappa shape index (κ3) is 10.7. The first kappa shape index (κ1) is 30.3. The molecule has 4 nitrogen and oxygen atoms in total. The number of nitrogens with one attached hydrogen (secondary N) is 1. The molecule has 0 aliphatic carbocycles. The number of hydrogen-bond donors (Lipinski definition) is 4. The van der Waals surface area contributed by atoms with Crippen LogP contribution in [0.3, 0.4) is 0 Å². The smallest absolute Gasteiger partial charge is 0.149 e. The van der Waals surface area contributed by atoms with Crippen LogP contribution in [0.4, 0.5) is 20.2 Å². The molecule has 0 radical (unpaired) electrons. The van der Waals surface area contributed by atoms with Gasteiger partial charge in [0.1, 0.15) is 11.6 Å². The van der Waals surface area contributed by atoms with Crippen molar-refractivity contribution in [3.05, 3.63) is 94.0 Å². The van der Waals surface area contributed by atoms with Gasteiger partial charge >= 0.3 is 0 Å². The third-order valence-corrected chi connectivity index (χ3v) is 4.67. The molecule has 0 bridgehead atoms. The Labute approximate surface area is 202 Å². The van der Waals surface area contributed by atoms with Crippen LogP contribution in [0, 0.1) is 11.6 Å². The standard InChI is InChI=1S/C16H18F2N2.C7H8ClN.C2H6.CH5N/c1-2-7-20-16-12(9-13(17)10-14(16)18)8-11-5-3-4-6-15(11)19;8-7-4-2-1-3-6(7)5-9;2*1-2/h3-6,9-10,20H,2,7-8,19H2,1H3;1-4H,5,9H2;1-2H3;2H2,1H3. The van der Waals surface area contributed by atoms with E-state index in [1.807, 2.05) is 63.2 Å². The van der Waals surface area contributed by atoms with E-state index in [-0.39, 0.29) is 0 Å². The highest BCUT2D eigenvalue weighted by atomic mass is 35.5. The topological polar surface area (TPSA) is 90.1 Å². The first-order chi connectivity index (χ1) is 16.0. The highest BCUT2D eigenvalue weighted by molar-refractivity contribution is 6.31. The van der Waals surface area contributed by atoms with Crippen molar-refractivity contribution in [3.63, 3.8) is 0 Å². The zero-order chi connectivity index (χ0) is 25.2. The first-order valence-corrected chi connectivity index (χ1v) is 11.4. The van der Waals surface area contributed by atoms with Gasteiger partial charge in [-0.1, -0.05) is 68.8 Å². The lowest BCUT2D eigenvalue weighted by Gasteiger charge is -2.14. The molecule has 0 saturated carbocycles. The lowest BCUT2D eigenvalue weighted by atomic mass is 10.0. The summed E-state index contributed by atoms with van der Waals surface area (Å²) in [7, 11) is 1.50. The summed E-state index contributed by atoms with van der Waals surface area (Å²) in [4.78, 5) is 0. The molecule has 0 unspecified atom stereocenters. The molecule has 0 atom stereocenters. The summed E-state index contributed by atoms with van der Waals surface area (Å²) in [6, 6.07) is 17.2. The van der Waals surface area contributed by atoms with E-state index in [4.69, 9.17) is 23.1 Å². The van der Waals surface area contributed by atoms with Crippen molar-refractivity contribution >= 4 is 23.0 Å². The van der Waals surface area contributed by atoms with Crippen LogP contribution in [0.15, 0.2) is 60.7 Å². The number of hydrogen-bond acceptors (Lipinski definition) is 4. The molecule has 0 amide bonds. The average Bonchev–Trinajstić information content (AvgIpc) is 2.83. The van der Waals surface area contributed by atoms with Gasteiger partial charge in [-0.25, -0.2) is 8.78 Å². The van der Waals surface area contributed by atoms with Crippen LogP contribution in [-0.4, -0.2) is 13.6 Å². The number of halogens is 3. The van der Waals surface area contributed by atoms with Crippen LogP contribution in [0.25, 0.3) is 0 Å². The van der Waals surface area contributed by atoms with Crippen molar-refractivity contribution in [3.8, 4) is 0 Å². The molecule has 0 fully saturated rings. The number of benzene rings is 3. The van der Waals surface area contributed by atoms with Gasteiger partial charge in [-0.15, -0.1) is 0 Å². The second-order valence-corrected chi connectivity index (χ2v) is 6.93. The van der Waals surface area contributed by atoms with E-state index in [1.165, 1.54) is 13.1 Å². The molecule has 3 aromatic rings. The van der Waals surface area contributed by atoms with E-state index < -0.39 is 11.6 Å². The predicted molar refractivity (Wildman–Crippen MR) is 140 cm³/mol. The number of para-hydroxylation sites is 1. The Bertz CT molecular complexity index is 936. The Morgan fingerprint density at radius 1 is 0.879 bits per heavy atom. The molecule has 0 aromatic heterocycles. The summed E-state index contributed by atoms with van der Waals surface area (Å²) in [5, 5.41) is 3.77. The van der Waals surface area contributed by atoms with Crippen LogP contribution < -0.4 is 22.5 Å². The predicted octanol–water partition coefficient (Wildman–Crippen LogP) is 6.36. The zero-order valence-electron chi connectivity index (χ0n) is 20.0. The van der Waals surface area contributed by atoms with E-state index in [0.717, 1.165) is 28.6 Å². The van der Waals surface area contributed by atoms with Crippen LogP contribution >= 0.6 is 11.6 Å². The van der Waals surface area contributed by atoms with Crippen molar-refractivity contribution in [2.45, 2.75) is 40.2 Å². The lowest BCUT2D eigenvalue weighted by molar-refractivity contribution is 0.582. The van der Waals surface area contributed by atoms with E-state index in [0.29, 0.717) is 36.4 Å². The molecule has 7 heteroatoms. The average molecular weight is 479 g/mol. The Balaban J connectivity index is 0.000000658. The quantitative estimate of drug-likeness (QED) is 0.310. The van der Waals surface area contributed by atoms with Crippen molar-refractivity contribution in [1.29, 1.82) is 0 Å². The maximum atomic E-state index is 13.9. The number of anilines is 2. The first-order valence-electron chi connectivity index (χ1n) is 11.0. The summed E-state index contributed by atoms with van der Waals surface area (Å²) in [5.74, 6) is -1.14. The molecule has 3 aromatic carbocycles. The summed E-state index contributed by atoms with van der Waals surface area (Å²) < 4.78 is 27.3. The summed E-state index contributed by atoms with van der Waals surface area (Å²) in [6.07, 6.45) is 1.26. The molecule has 7 N–H and O–H groups in total. The largest absolute Gasteiger partial charge is 0.398 e. The molecule has 0 spiro atoms. The fourth-order valence-corrected chi connectivity index (χ4v) is 2.99. The van der Waals surface area contributed by atoms with Gasteiger partial charge in [0.25, 0.3) is 0 Å². The molecule has 0 aliphatic heterocycles. The van der Waals surface area contributed by atoms with E-state index >= 15 is 0 Å². The highest BCUT2D eigenvalue weighted by Gasteiger charge is 2.12. The van der Waals surface area contributed by atoms with Crippen LogP contribution in [0.5, 0.6) is 0 Å². The summed E-state index contributed by atoms with van der Waals surface area (Å²) in [6.45, 7) is 7.14. The Hall–Kier alpha value is -2.67. The SMILES string of the molecule is CC.CCCNc1c(F)cc(F)cc1Cc1ccccc1N.CN.NCc1ccccc1Cl. The van der Waals surface area contributed by atoms with Crippen molar-refractivity contribution < 1.29 is 8.78 Å². The van der Waals surface area contributed by atoms with Crippen LogP contribution in [0.2, 0.25) is 5.02 Å². The second kappa shape index (κ2) is 17.8. The van der Waals surface area contributed by atoms with Gasteiger partial charge in [0, 0.05) is 36.3 Å². The van der Waals surface area contributed by atoms with Gasteiger partial charge in [0.05, 0.1) is 5.69 Å². The molecular weight excluding hydrogens is 442 g/mol.